The first-order valence-electron chi connectivity index (χ1n) is 5.87. The van der Waals surface area contributed by atoms with Crippen molar-refractivity contribution in [2.45, 2.75) is 23.3 Å². The number of carbonyl (C=O) groups is 2. The summed E-state index contributed by atoms with van der Waals surface area (Å²) in [6.45, 7) is 0.859. The van der Waals surface area contributed by atoms with Gasteiger partial charge >= 0.3 is 5.97 Å². The highest BCUT2D eigenvalue weighted by atomic mass is 32.2. The van der Waals surface area contributed by atoms with Gasteiger partial charge < -0.3 is 15.5 Å². The van der Waals surface area contributed by atoms with Gasteiger partial charge in [-0.15, -0.1) is 11.8 Å². The number of nitrogens with one attached hydrogen (secondary N) is 1. The maximum absolute atomic E-state index is 12.0. The minimum Gasteiger partial charge on any atom is -0.479 e. The molecule has 5 nitrogen and oxygen atoms in total. The number of thioether (sulfide) groups is 1. The Morgan fingerprint density at radius 2 is 2.16 bits per heavy atom. The van der Waals surface area contributed by atoms with Crippen LogP contribution in [0, 0.1) is 0 Å². The van der Waals surface area contributed by atoms with Crippen molar-refractivity contribution < 1.29 is 19.8 Å². The molecule has 2 unspecified atom stereocenters. The standard InChI is InChI=1S/C13H15NO4S/c1-13(18,12(16)17)7-14-11(15)9-6-19-10-5-3-2-4-8(9)10/h2-5,9,18H,6-7H2,1H3,(H,14,15)(H,16,17). The van der Waals surface area contributed by atoms with E-state index in [1.807, 2.05) is 24.3 Å². The lowest BCUT2D eigenvalue weighted by atomic mass is 10.00. The molecule has 3 N–H and O–H groups in total. The van der Waals surface area contributed by atoms with Crippen LogP contribution in [-0.4, -0.2) is 40.0 Å². The lowest BCUT2D eigenvalue weighted by molar-refractivity contribution is -0.156. The predicted molar refractivity (Wildman–Crippen MR) is 71.2 cm³/mol. The van der Waals surface area contributed by atoms with Crippen molar-refractivity contribution >= 4 is 23.6 Å². The number of hydrogen-bond donors (Lipinski definition) is 3. The Morgan fingerprint density at radius 1 is 1.47 bits per heavy atom. The Labute approximate surface area is 115 Å². The maximum atomic E-state index is 12.0. The van der Waals surface area contributed by atoms with Crippen molar-refractivity contribution in [3.63, 3.8) is 0 Å². The summed E-state index contributed by atoms with van der Waals surface area (Å²) in [6.07, 6.45) is 0. The second kappa shape index (κ2) is 5.22. The molecule has 2 atom stereocenters. The summed E-state index contributed by atoms with van der Waals surface area (Å²) in [4.78, 5) is 23.9. The molecule has 0 bridgehead atoms. The van der Waals surface area contributed by atoms with Crippen molar-refractivity contribution in [1.82, 2.24) is 5.32 Å². The Bertz CT molecular complexity index is 515. The van der Waals surface area contributed by atoms with Gasteiger partial charge in [-0.2, -0.15) is 0 Å². The SMILES string of the molecule is CC(O)(CNC(=O)C1CSc2ccccc21)C(=O)O. The number of aliphatic carboxylic acids is 1. The summed E-state index contributed by atoms with van der Waals surface area (Å²) in [6, 6.07) is 7.65. The quantitative estimate of drug-likeness (QED) is 0.761. The van der Waals surface area contributed by atoms with Gasteiger partial charge in [0.1, 0.15) is 0 Å². The van der Waals surface area contributed by atoms with E-state index in [9.17, 15) is 14.7 Å². The molecule has 1 aliphatic heterocycles. The Kier molecular flexibility index (Phi) is 3.82. The molecule has 0 radical (unpaired) electrons. The summed E-state index contributed by atoms with van der Waals surface area (Å²) in [5.41, 5.74) is -0.985. The third-order valence-electron chi connectivity index (χ3n) is 3.08. The van der Waals surface area contributed by atoms with Crippen LogP contribution in [-0.2, 0) is 9.59 Å². The molecule has 6 heteroatoms. The molecular weight excluding hydrogens is 266 g/mol. The number of fused-ring (bicyclic) bond motifs is 1. The van der Waals surface area contributed by atoms with Crippen LogP contribution in [0.15, 0.2) is 29.2 Å². The Balaban J connectivity index is 2.01. The first kappa shape index (κ1) is 13.9. The Morgan fingerprint density at radius 3 is 2.84 bits per heavy atom. The molecule has 1 heterocycles. The van der Waals surface area contributed by atoms with E-state index < -0.39 is 11.6 Å². The van der Waals surface area contributed by atoms with E-state index in [2.05, 4.69) is 5.32 Å². The van der Waals surface area contributed by atoms with Crippen molar-refractivity contribution in [2.75, 3.05) is 12.3 Å². The van der Waals surface area contributed by atoms with Crippen LogP contribution in [0.4, 0.5) is 0 Å². The highest BCUT2D eigenvalue weighted by Gasteiger charge is 2.33. The van der Waals surface area contributed by atoms with Gasteiger partial charge in [-0.25, -0.2) is 4.79 Å². The number of amides is 1. The zero-order valence-corrected chi connectivity index (χ0v) is 11.2. The fraction of sp³-hybridized carbons (Fsp3) is 0.385. The summed E-state index contributed by atoms with van der Waals surface area (Å²) in [5, 5.41) is 20.8. The number of hydrogen-bond acceptors (Lipinski definition) is 4. The van der Waals surface area contributed by atoms with E-state index in [4.69, 9.17) is 5.11 Å². The number of rotatable bonds is 4. The second-order valence-electron chi connectivity index (χ2n) is 4.70. The van der Waals surface area contributed by atoms with E-state index in [-0.39, 0.29) is 18.4 Å². The fourth-order valence-electron chi connectivity index (χ4n) is 1.84. The van der Waals surface area contributed by atoms with Gasteiger partial charge in [0, 0.05) is 10.6 Å². The van der Waals surface area contributed by atoms with Crippen LogP contribution in [0.1, 0.15) is 18.4 Å². The topological polar surface area (TPSA) is 86.6 Å². The van der Waals surface area contributed by atoms with Crippen molar-refractivity contribution in [3.8, 4) is 0 Å². The number of benzene rings is 1. The van der Waals surface area contributed by atoms with E-state index >= 15 is 0 Å². The molecule has 0 saturated heterocycles. The molecule has 1 aromatic rings. The lowest BCUT2D eigenvalue weighted by Gasteiger charge is -2.20. The fourth-order valence-corrected chi connectivity index (χ4v) is 3.07. The zero-order chi connectivity index (χ0) is 14.0. The first-order valence-corrected chi connectivity index (χ1v) is 6.85. The Hall–Kier alpha value is -1.53. The minimum absolute atomic E-state index is 0.251. The van der Waals surface area contributed by atoms with E-state index in [0.717, 1.165) is 17.4 Å². The van der Waals surface area contributed by atoms with E-state index in [1.165, 1.54) is 0 Å². The zero-order valence-electron chi connectivity index (χ0n) is 10.4. The van der Waals surface area contributed by atoms with Crippen molar-refractivity contribution in [3.05, 3.63) is 29.8 Å². The normalized spacial score (nSPS) is 20.4. The number of carboxylic acids is 1. The highest BCUT2D eigenvalue weighted by Crippen LogP contribution is 2.39. The van der Waals surface area contributed by atoms with Crippen LogP contribution in [0.5, 0.6) is 0 Å². The molecule has 0 fully saturated rings. The summed E-state index contributed by atoms with van der Waals surface area (Å²) in [7, 11) is 0. The largest absolute Gasteiger partial charge is 0.479 e. The van der Waals surface area contributed by atoms with Gasteiger partial charge in [-0.05, 0) is 18.6 Å². The third kappa shape index (κ3) is 2.90. The summed E-state index contributed by atoms with van der Waals surface area (Å²) in [5.74, 6) is -1.25. The lowest BCUT2D eigenvalue weighted by Crippen LogP contribution is -2.47. The summed E-state index contributed by atoms with van der Waals surface area (Å²) < 4.78 is 0. The first-order chi connectivity index (χ1) is 8.92. The maximum Gasteiger partial charge on any atom is 0.337 e. The average molecular weight is 281 g/mol. The molecule has 0 saturated carbocycles. The molecule has 1 aromatic carbocycles. The van der Waals surface area contributed by atoms with E-state index in [0.29, 0.717) is 5.75 Å². The van der Waals surface area contributed by atoms with Gasteiger partial charge in [-0.1, -0.05) is 18.2 Å². The number of aliphatic hydroxyl groups is 1. The van der Waals surface area contributed by atoms with Crippen LogP contribution in [0.25, 0.3) is 0 Å². The number of carboxylic acid groups (broad SMARTS) is 1. The molecule has 0 aliphatic carbocycles. The number of carbonyl (C=O) groups excluding carboxylic acids is 1. The summed E-state index contributed by atoms with van der Waals surface area (Å²) >= 11 is 1.60. The van der Waals surface area contributed by atoms with Crippen LogP contribution in [0.3, 0.4) is 0 Å². The molecule has 102 valence electrons. The van der Waals surface area contributed by atoms with Crippen molar-refractivity contribution in [2.24, 2.45) is 0 Å². The average Bonchev–Trinajstić information content (AvgIpc) is 2.79. The smallest absolute Gasteiger partial charge is 0.337 e. The van der Waals surface area contributed by atoms with Gasteiger partial charge in [-0.3, -0.25) is 4.79 Å². The third-order valence-corrected chi connectivity index (χ3v) is 4.27. The van der Waals surface area contributed by atoms with Gasteiger partial charge in [0.05, 0.1) is 12.5 Å². The monoisotopic (exact) mass is 281 g/mol. The minimum atomic E-state index is -1.94. The molecule has 1 amide bonds. The van der Waals surface area contributed by atoms with E-state index in [1.54, 1.807) is 11.8 Å². The molecule has 1 aliphatic rings. The van der Waals surface area contributed by atoms with Gasteiger partial charge in [0.15, 0.2) is 5.60 Å². The second-order valence-corrected chi connectivity index (χ2v) is 5.76. The van der Waals surface area contributed by atoms with Gasteiger partial charge in [0.25, 0.3) is 0 Å². The molecule has 0 spiro atoms. The molecule has 0 aromatic heterocycles. The molecular formula is C13H15NO4S. The predicted octanol–water partition coefficient (Wildman–Crippen LogP) is 0.828. The van der Waals surface area contributed by atoms with Crippen LogP contribution in [0.2, 0.25) is 0 Å². The highest BCUT2D eigenvalue weighted by molar-refractivity contribution is 7.99. The van der Waals surface area contributed by atoms with Crippen molar-refractivity contribution in [1.29, 1.82) is 0 Å². The van der Waals surface area contributed by atoms with Crippen LogP contribution < -0.4 is 5.32 Å². The molecule has 2 rings (SSSR count). The van der Waals surface area contributed by atoms with Crippen LogP contribution >= 0.6 is 11.8 Å². The molecule has 19 heavy (non-hydrogen) atoms. The van der Waals surface area contributed by atoms with Gasteiger partial charge in [0.2, 0.25) is 5.91 Å².